The Bertz CT molecular complexity index is 670. The summed E-state index contributed by atoms with van der Waals surface area (Å²) < 4.78 is 43.1. The Balaban J connectivity index is 1.99. The lowest BCUT2D eigenvalue weighted by molar-refractivity contribution is -0.137. The van der Waals surface area contributed by atoms with Gasteiger partial charge < -0.3 is 15.4 Å². The Morgan fingerprint density at radius 2 is 1.70 bits per heavy atom. The van der Waals surface area contributed by atoms with Crippen molar-refractivity contribution in [2.24, 2.45) is 0 Å². The molecule has 0 radical (unpaired) electrons. The van der Waals surface area contributed by atoms with Crippen LogP contribution in [-0.2, 0) is 6.18 Å². The van der Waals surface area contributed by atoms with Gasteiger partial charge in [-0.3, -0.25) is 0 Å². The predicted octanol–water partition coefficient (Wildman–Crippen LogP) is 4.75. The van der Waals surface area contributed by atoms with Crippen molar-refractivity contribution >= 4 is 17.4 Å². The molecule has 0 saturated carbocycles. The van der Waals surface area contributed by atoms with Gasteiger partial charge in [0, 0.05) is 11.4 Å². The Hall–Kier alpha value is -2.70. The Kier molecular flexibility index (Phi) is 5.10. The molecule has 7 heteroatoms. The fourth-order valence-electron chi connectivity index (χ4n) is 1.87. The van der Waals surface area contributed by atoms with Crippen molar-refractivity contribution in [1.29, 1.82) is 0 Å². The predicted molar refractivity (Wildman–Crippen MR) is 81.7 cm³/mol. The molecule has 0 aromatic heterocycles. The van der Waals surface area contributed by atoms with E-state index >= 15 is 0 Å². The fraction of sp³-hybridized carbons (Fsp3) is 0.188. The molecular weight excluding hydrogens is 309 g/mol. The molecule has 2 rings (SSSR count). The number of urea groups is 1. The number of carbonyl (C=O) groups is 1. The lowest BCUT2D eigenvalue weighted by Gasteiger charge is -2.11. The summed E-state index contributed by atoms with van der Waals surface area (Å²) in [7, 11) is 0. The number of nitrogens with one attached hydrogen (secondary N) is 2. The Morgan fingerprint density at radius 3 is 2.30 bits per heavy atom. The highest BCUT2D eigenvalue weighted by Gasteiger charge is 2.30. The number of alkyl halides is 3. The van der Waals surface area contributed by atoms with Gasteiger partial charge in [-0.25, -0.2) is 4.79 Å². The highest BCUT2D eigenvalue weighted by atomic mass is 19.4. The van der Waals surface area contributed by atoms with Crippen LogP contribution in [0.15, 0.2) is 48.5 Å². The molecule has 122 valence electrons. The highest BCUT2D eigenvalue weighted by molar-refractivity contribution is 5.99. The molecule has 23 heavy (non-hydrogen) atoms. The standard InChI is InChI=1S/C16H15F3N2O2/c1-2-23-14-8-6-12(7-9-14)20-15(22)21-13-5-3-4-11(10-13)16(17,18)19/h3-10H,2H2,1H3,(H2,20,21,22). The zero-order chi connectivity index (χ0) is 16.9. The van der Waals surface area contributed by atoms with Crippen LogP contribution in [0.4, 0.5) is 29.3 Å². The minimum absolute atomic E-state index is 0.0586. The zero-order valence-electron chi connectivity index (χ0n) is 12.3. The molecule has 0 aliphatic rings. The maximum absolute atomic E-state index is 12.6. The molecule has 2 aromatic carbocycles. The summed E-state index contributed by atoms with van der Waals surface area (Å²) in [5, 5.41) is 4.89. The zero-order valence-corrected chi connectivity index (χ0v) is 12.3. The number of rotatable bonds is 4. The third kappa shape index (κ3) is 4.91. The van der Waals surface area contributed by atoms with Crippen LogP contribution in [-0.4, -0.2) is 12.6 Å². The molecule has 2 N–H and O–H groups in total. The first kappa shape index (κ1) is 16.7. The van der Waals surface area contributed by atoms with E-state index in [-0.39, 0.29) is 5.69 Å². The van der Waals surface area contributed by atoms with Crippen molar-refractivity contribution < 1.29 is 22.7 Å². The first-order valence-corrected chi connectivity index (χ1v) is 6.86. The van der Waals surface area contributed by atoms with E-state index in [1.807, 2.05) is 6.92 Å². The highest BCUT2D eigenvalue weighted by Crippen LogP contribution is 2.30. The molecule has 0 fully saturated rings. The van der Waals surface area contributed by atoms with E-state index in [0.29, 0.717) is 18.0 Å². The van der Waals surface area contributed by atoms with Gasteiger partial charge in [-0.2, -0.15) is 13.2 Å². The molecule has 0 aliphatic carbocycles. The van der Waals surface area contributed by atoms with Crippen LogP contribution < -0.4 is 15.4 Å². The van der Waals surface area contributed by atoms with Crippen molar-refractivity contribution in [2.75, 3.05) is 17.2 Å². The summed E-state index contributed by atoms with van der Waals surface area (Å²) in [6.07, 6.45) is -4.46. The van der Waals surface area contributed by atoms with E-state index in [0.717, 1.165) is 12.1 Å². The number of carbonyl (C=O) groups excluding carboxylic acids is 1. The third-order valence-corrected chi connectivity index (χ3v) is 2.87. The summed E-state index contributed by atoms with van der Waals surface area (Å²) in [5.41, 5.74) is -0.266. The third-order valence-electron chi connectivity index (χ3n) is 2.87. The van der Waals surface area contributed by atoms with Crippen LogP contribution in [0.25, 0.3) is 0 Å². The maximum atomic E-state index is 12.6. The first-order chi connectivity index (χ1) is 10.9. The molecule has 0 bridgehead atoms. The molecule has 0 saturated heterocycles. The molecule has 0 unspecified atom stereocenters. The number of amides is 2. The molecule has 2 aromatic rings. The van der Waals surface area contributed by atoms with Crippen LogP contribution in [0.3, 0.4) is 0 Å². The molecule has 4 nitrogen and oxygen atoms in total. The lowest BCUT2D eigenvalue weighted by Crippen LogP contribution is -2.19. The van der Waals surface area contributed by atoms with Crippen LogP contribution >= 0.6 is 0 Å². The molecule has 0 heterocycles. The minimum Gasteiger partial charge on any atom is -0.494 e. The molecule has 0 spiro atoms. The maximum Gasteiger partial charge on any atom is 0.416 e. The van der Waals surface area contributed by atoms with E-state index in [4.69, 9.17) is 4.74 Å². The van der Waals surface area contributed by atoms with E-state index in [9.17, 15) is 18.0 Å². The molecule has 2 amide bonds. The largest absolute Gasteiger partial charge is 0.494 e. The number of hydrogen-bond donors (Lipinski definition) is 2. The van der Waals surface area contributed by atoms with Crippen molar-refractivity contribution in [3.05, 3.63) is 54.1 Å². The van der Waals surface area contributed by atoms with Gasteiger partial charge in [-0.15, -0.1) is 0 Å². The van der Waals surface area contributed by atoms with Crippen LogP contribution in [0.2, 0.25) is 0 Å². The van der Waals surface area contributed by atoms with Gasteiger partial charge in [0.25, 0.3) is 0 Å². The van der Waals surface area contributed by atoms with Gasteiger partial charge in [0.1, 0.15) is 5.75 Å². The van der Waals surface area contributed by atoms with Gasteiger partial charge in [-0.1, -0.05) is 6.07 Å². The summed E-state index contributed by atoms with van der Waals surface area (Å²) in [6, 6.07) is 10.4. The lowest BCUT2D eigenvalue weighted by atomic mass is 10.2. The normalized spacial score (nSPS) is 11.0. The second-order valence-corrected chi connectivity index (χ2v) is 4.62. The van der Waals surface area contributed by atoms with Crippen LogP contribution in [0, 0.1) is 0 Å². The molecule has 0 aliphatic heterocycles. The molecule has 0 atom stereocenters. The topological polar surface area (TPSA) is 50.4 Å². The minimum atomic E-state index is -4.46. The van der Waals surface area contributed by atoms with E-state index in [2.05, 4.69) is 10.6 Å². The van der Waals surface area contributed by atoms with E-state index in [1.54, 1.807) is 24.3 Å². The number of benzene rings is 2. The summed E-state index contributed by atoms with van der Waals surface area (Å²) in [5.74, 6) is 0.663. The van der Waals surface area contributed by atoms with Crippen LogP contribution in [0.1, 0.15) is 12.5 Å². The Labute approximate surface area is 131 Å². The fourth-order valence-corrected chi connectivity index (χ4v) is 1.87. The van der Waals surface area contributed by atoms with Gasteiger partial charge in [-0.05, 0) is 49.4 Å². The summed E-state index contributed by atoms with van der Waals surface area (Å²) in [4.78, 5) is 11.8. The van der Waals surface area contributed by atoms with E-state index in [1.165, 1.54) is 12.1 Å². The number of halogens is 3. The van der Waals surface area contributed by atoms with Crippen molar-refractivity contribution in [2.45, 2.75) is 13.1 Å². The SMILES string of the molecule is CCOc1ccc(NC(=O)Nc2cccc(C(F)(F)F)c2)cc1. The summed E-state index contributed by atoms with van der Waals surface area (Å²) in [6.45, 7) is 2.39. The van der Waals surface area contributed by atoms with Gasteiger partial charge in [0.05, 0.1) is 12.2 Å². The monoisotopic (exact) mass is 324 g/mol. The second-order valence-electron chi connectivity index (χ2n) is 4.62. The van der Waals surface area contributed by atoms with Gasteiger partial charge in [0.2, 0.25) is 0 Å². The average Bonchev–Trinajstić information content (AvgIpc) is 2.49. The quantitative estimate of drug-likeness (QED) is 0.853. The van der Waals surface area contributed by atoms with Crippen molar-refractivity contribution in [3.8, 4) is 5.75 Å². The van der Waals surface area contributed by atoms with Crippen molar-refractivity contribution in [1.82, 2.24) is 0 Å². The Morgan fingerprint density at radius 1 is 1.04 bits per heavy atom. The number of hydrogen-bond acceptors (Lipinski definition) is 2. The average molecular weight is 324 g/mol. The smallest absolute Gasteiger partial charge is 0.416 e. The van der Waals surface area contributed by atoms with Crippen LogP contribution in [0.5, 0.6) is 5.75 Å². The van der Waals surface area contributed by atoms with Gasteiger partial charge in [0.15, 0.2) is 0 Å². The summed E-state index contributed by atoms with van der Waals surface area (Å²) >= 11 is 0. The number of anilines is 2. The first-order valence-electron chi connectivity index (χ1n) is 6.86. The van der Waals surface area contributed by atoms with E-state index < -0.39 is 17.8 Å². The molecular formula is C16H15F3N2O2. The van der Waals surface area contributed by atoms with Gasteiger partial charge >= 0.3 is 12.2 Å². The second kappa shape index (κ2) is 7.04. The number of ether oxygens (including phenoxy) is 1. The van der Waals surface area contributed by atoms with Crippen molar-refractivity contribution in [3.63, 3.8) is 0 Å².